The first-order chi connectivity index (χ1) is 7.90. The van der Waals surface area contributed by atoms with Crippen LogP contribution in [0.2, 0.25) is 0 Å². The van der Waals surface area contributed by atoms with Crippen molar-refractivity contribution in [3.05, 3.63) is 18.3 Å². The molecule has 0 saturated heterocycles. The second-order valence-electron chi connectivity index (χ2n) is 4.89. The van der Waals surface area contributed by atoms with E-state index in [2.05, 4.69) is 36.4 Å². The fourth-order valence-corrected chi connectivity index (χ4v) is 1.28. The predicted molar refractivity (Wildman–Crippen MR) is 69.9 cm³/mol. The summed E-state index contributed by atoms with van der Waals surface area (Å²) in [5, 5.41) is 5.97. The number of pyridine rings is 1. The van der Waals surface area contributed by atoms with Gasteiger partial charge in [0.2, 0.25) is 5.91 Å². The Bertz CT molecular complexity index is 367. The van der Waals surface area contributed by atoms with Crippen LogP contribution >= 0.6 is 0 Å². The van der Waals surface area contributed by atoms with Gasteiger partial charge in [-0.1, -0.05) is 0 Å². The van der Waals surface area contributed by atoms with E-state index in [0.717, 1.165) is 5.82 Å². The summed E-state index contributed by atoms with van der Waals surface area (Å²) in [4.78, 5) is 15.5. The van der Waals surface area contributed by atoms with Crippen molar-refractivity contribution < 1.29 is 4.79 Å². The zero-order valence-corrected chi connectivity index (χ0v) is 10.6. The third-order valence-corrected chi connectivity index (χ3v) is 1.92. The van der Waals surface area contributed by atoms with Crippen molar-refractivity contribution in [3.63, 3.8) is 0 Å². The number of hydrogen-bond donors (Lipinski definition) is 3. The van der Waals surface area contributed by atoms with E-state index in [4.69, 9.17) is 5.73 Å². The van der Waals surface area contributed by atoms with Gasteiger partial charge >= 0.3 is 0 Å². The number of amides is 1. The van der Waals surface area contributed by atoms with Crippen LogP contribution in [0.5, 0.6) is 0 Å². The van der Waals surface area contributed by atoms with Gasteiger partial charge < -0.3 is 16.4 Å². The summed E-state index contributed by atoms with van der Waals surface area (Å²) < 4.78 is 0. The highest BCUT2D eigenvalue weighted by atomic mass is 16.1. The molecule has 0 aliphatic heterocycles. The molecule has 0 atom stereocenters. The molecule has 0 aliphatic carbocycles. The molecule has 1 rings (SSSR count). The average molecular weight is 236 g/mol. The van der Waals surface area contributed by atoms with Crippen molar-refractivity contribution >= 4 is 17.4 Å². The summed E-state index contributed by atoms with van der Waals surface area (Å²) in [6, 6.07) is 3.65. The summed E-state index contributed by atoms with van der Waals surface area (Å²) in [7, 11) is 0. The van der Waals surface area contributed by atoms with Crippen molar-refractivity contribution in [2.24, 2.45) is 5.73 Å². The molecule has 0 unspecified atom stereocenters. The smallest absolute Gasteiger partial charge is 0.225 e. The van der Waals surface area contributed by atoms with Crippen LogP contribution in [0.4, 0.5) is 11.5 Å². The molecule has 1 heterocycles. The Morgan fingerprint density at radius 2 is 2.12 bits per heavy atom. The SMILES string of the molecule is CC(C)(C)Nc1ccc(NC(=O)CCN)cn1. The highest BCUT2D eigenvalue weighted by Gasteiger charge is 2.09. The normalized spacial score (nSPS) is 11.1. The molecule has 0 radical (unpaired) electrons. The van der Waals surface area contributed by atoms with Gasteiger partial charge in [-0.05, 0) is 32.9 Å². The highest BCUT2D eigenvalue weighted by Crippen LogP contribution is 2.14. The number of rotatable bonds is 4. The molecule has 17 heavy (non-hydrogen) atoms. The minimum Gasteiger partial charge on any atom is -0.365 e. The summed E-state index contributed by atoms with van der Waals surface area (Å²) in [5.74, 6) is 0.695. The van der Waals surface area contributed by atoms with E-state index >= 15 is 0 Å². The van der Waals surface area contributed by atoms with E-state index in [9.17, 15) is 4.79 Å². The van der Waals surface area contributed by atoms with Crippen LogP contribution in [-0.2, 0) is 4.79 Å². The lowest BCUT2D eigenvalue weighted by molar-refractivity contribution is -0.116. The number of carbonyl (C=O) groups excluding carboxylic acids is 1. The molecule has 94 valence electrons. The van der Waals surface area contributed by atoms with Crippen molar-refractivity contribution in [3.8, 4) is 0 Å². The van der Waals surface area contributed by atoms with Crippen LogP contribution in [0.1, 0.15) is 27.2 Å². The lowest BCUT2D eigenvalue weighted by Gasteiger charge is -2.21. The number of nitrogens with one attached hydrogen (secondary N) is 2. The van der Waals surface area contributed by atoms with Gasteiger partial charge in [0, 0.05) is 18.5 Å². The maximum Gasteiger partial charge on any atom is 0.225 e. The lowest BCUT2D eigenvalue weighted by Crippen LogP contribution is -2.26. The standard InChI is InChI=1S/C12H20N4O/c1-12(2,3)16-10-5-4-9(8-14-10)15-11(17)6-7-13/h4-5,8H,6-7,13H2,1-3H3,(H,14,16)(H,15,17). The van der Waals surface area contributed by atoms with Crippen LogP contribution in [0.25, 0.3) is 0 Å². The number of aromatic nitrogens is 1. The van der Waals surface area contributed by atoms with Gasteiger partial charge in [0.1, 0.15) is 5.82 Å². The van der Waals surface area contributed by atoms with Gasteiger partial charge in [0.05, 0.1) is 11.9 Å². The number of hydrogen-bond acceptors (Lipinski definition) is 4. The van der Waals surface area contributed by atoms with Crippen LogP contribution in [0.3, 0.4) is 0 Å². The molecule has 1 amide bonds. The van der Waals surface area contributed by atoms with E-state index in [1.54, 1.807) is 6.20 Å². The quantitative estimate of drug-likeness (QED) is 0.741. The molecule has 0 saturated carbocycles. The molecule has 0 aromatic carbocycles. The first kappa shape index (κ1) is 13.4. The predicted octanol–water partition coefficient (Wildman–Crippen LogP) is 1.58. The second kappa shape index (κ2) is 5.63. The summed E-state index contributed by atoms with van der Waals surface area (Å²) in [5.41, 5.74) is 5.94. The Morgan fingerprint density at radius 3 is 2.59 bits per heavy atom. The van der Waals surface area contributed by atoms with Gasteiger partial charge in [0.25, 0.3) is 0 Å². The third-order valence-electron chi connectivity index (χ3n) is 1.92. The Balaban J connectivity index is 2.59. The van der Waals surface area contributed by atoms with E-state index in [1.807, 2.05) is 12.1 Å². The molecular weight excluding hydrogens is 216 g/mol. The fraction of sp³-hybridized carbons (Fsp3) is 0.500. The van der Waals surface area contributed by atoms with Crippen molar-refractivity contribution in [2.45, 2.75) is 32.7 Å². The first-order valence-corrected chi connectivity index (χ1v) is 5.65. The lowest BCUT2D eigenvalue weighted by atomic mass is 10.1. The topological polar surface area (TPSA) is 80.0 Å². The highest BCUT2D eigenvalue weighted by molar-refractivity contribution is 5.90. The van der Waals surface area contributed by atoms with Gasteiger partial charge in [-0.2, -0.15) is 0 Å². The average Bonchev–Trinajstić information content (AvgIpc) is 2.19. The Hall–Kier alpha value is -1.62. The minimum atomic E-state index is -0.0918. The van der Waals surface area contributed by atoms with Gasteiger partial charge in [-0.3, -0.25) is 4.79 Å². The fourth-order valence-electron chi connectivity index (χ4n) is 1.28. The minimum absolute atomic E-state index is 0.0304. The summed E-state index contributed by atoms with van der Waals surface area (Å²) in [6.45, 7) is 6.53. The maximum absolute atomic E-state index is 11.3. The number of nitrogens with zero attached hydrogens (tertiary/aromatic N) is 1. The van der Waals surface area contributed by atoms with E-state index in [-0.39, 0.29) is 11.4 Å². The van der Waals surface area contributed by atoms with Crippen LogP contribution in [-0.4, -0.2) is 23.0 Å². The molecule has 0 aliphatic rings. The molecule has 5 nitrogen and oxygen atoms in total. The van der Waals surface area contributed by atoms with Crippen molar-refractivity contribution in [2.75, 3.05) is 17.2 Å². The number of nitrogens with two attached hydrogens (primary N) is 1. The van der Waals surface area contributed by atoms with E-state index < -0.39 is 0 Å². The summed E-state index contributed by atoms with van der Waals surface area (Å²) >= 11 is 0. The van der Waals surface area contributed by atoms with Crippen molar-refractivity contribution in [1.29, 1.82) is 0 Å². The molecule has 1 aromatic heterocycles. The van der Waals surface area contributed by atoms with Gasteiger partial charge in [0.15, 0.2) is 0 Å². The molecule has 4 N–H and O–H groups in total. The first-order valence-electron chi connectivity index (χ1n) is 5.65. The zero-order chi connectivity index (χ0) is 12.9. The van der Waals surface area contributed by atoms with E-state index in [0.29, 0.717) is 18.7 Å². The van der Waals surface area contributed by atoms with Crippen LogP contribution in [0.15, 0.2) is 18.3 Å². The monoisotopic (exact) mass is 236 g/mol. The molecule has 5 heteroatoms. The van der Waals surface area contributed by atoms with Crippen molar-refractivity contribution in [1.82, 2.24) is 4.98 Å². The van der Waals surface area contributed by atoms with Gasteiger partial charge in [-0.25, -0.2) is 4.98 Å². The van der Waals surface area contributed by atoms with Crippen LogP contribution < -0.4 is 16.4 Å². The number of anilines is 2. The Morgan fingerprint density at radius 1 is 1.41 bits per heavy atom. The zero-order valence-electron chi connectivity index (χ0n) is 10.6. The van der Waals surface area contributed by atoms with Gasteiger partial charge in [-0.15, -0.1) is 0 Å². The molecule has 1 aromatic rings. The molecule has 0 fully saturated rings. The van der Waals surface area contributed by atoms with E-state index in [1.165, 1.54) is 0 Å². The Kier molecular flexibility index (Phi) is 4.45. The largest absolute Gasteiger partial charge is 0.365 e. The molecule has 0 spiro atoms. The van der Waals surface area contributed by atoms with Crippen LogP contribution in [0, 0.1) is 0 Å². The number of carbonyl (C=O) groups is 1. The molecular formula is C12H20N4O. The Labute approximate surface area is 102 Å². The summed E-state index contributed by atoms with van der Waals surface area (Å²) in [6.07, 6.45) is 1.95. The second-order valence-corrected chi connectivity index (χ2v) is 4.89. The third kappa shape index (κ3) is 5.31. The molecule has 0 bridgehead atoms. The maximum atomic E-state index is 11.3.